The molecule has 2 aromatic heterocycles. The molecule has 1 N–H and O–H groups in total. The van der Waals surface area contributed by atoms with Crippen LogP contribution in [-0.4, -0.2) is 38.5 Å². The van der Waals surface area contributed by atoms with Gasteiger partial charge >= 0.3 is 0 Å². The number of hydrogen-bond donors (Lipinski definition) is 1. The normalized spacial score (nSPS) is 11.7. The van der Waals surface area contributed by atoms with Gasteiger partial charge in [-0.15, -0.1) is 10.2 Å². The number of pyridine rings is 1. The molecule has 0 aliphatic carbocycles. The molecule has 0 aliphatic heterocycles. The van der Waals surface area contributed by atoms with E-state index in [0.717, 1.165) is 35.4 Å². The van der Waals surface area contributed by atoms with Crippen molar-refractivity contribution in [3.63, 3.8) is 0 Å². The largest absolute Gasteiger partial charge is 0.497 e. The minimum Gasteiger partial charge on any atom is -0.497 e. The van der Waals surface area contributed by atoms with E-state index in [1.165, 1.54) is 11.8 Å². The summed E-state index contributed by atoms with van der Waals surface area (Å²) in [6, 6.07) is 21.5. The molecule has 4 aromatic rings. The SMILES string of the molecule is CCC[C@@H](NC(=O)CSc1nnc(-c2ccncc2)n1-c1ccc(OC)cc1)c1ccccc1. The zero-order valence-corrected chi connectivity index (χ0v) is 20.0. The third-order valence-electron chi connectivity index (χ3n) is 5.35. The van der Waals surface area contributed by atoms with E-state index in [1.54, 1.807) is 19.5 Å². The monoisotopic (exact) mass is 473 g/mol. The zero-order chi connectivity index (χ0) is 23.8. The van der Waals surface area contributed by atoms with Gasteiger partial charge in [0, 0.05) is 23.6 Å². The van der Waals surface area contributed by atoms with Crippen LogP contribution in [0.15, 0.2) is 84.3 Å². The van der Waals surface area contributed by atoms with E-state index in [4.69, 9.17) is 4.74 Å². The van der Waals surface area contributed by atoms with Crippen molar-refractivity contribution in [3.05, 3.63) is 84.7 Å². The summed E-state index contributed by atoms with van der Waals surface area (Å²) in [6.45, 7) is 2.12. The molecule has 0 fully saturated rings. The van der Waals surface area contributed by atoms with Crippen LogP contribution in [-0.2, 0) is 4.79 Å². The van der Waals surface area contributed by atoms with Crippen molar-refractivity contribution in [1.82, 2.24) is 25.1 Å². The van der Waals surface area contributed by atoms with E-state index in [9.17, 15) is 4.79 Å². The Bertz CT molecular complexity index is 1200. The van der Waals surface area contributed by atoms with Crippen LogP contribution in [0.25, 0.3) is 17.1 Å². The van der Waals surface area contributed by atoms with E-state index < -0.39 is 0 Å². The van der Waals surface area contributed by atoms with Gasteiger partial charge in [0.1, 0.15) is 5.75 Å². The topological polar surface area (TPSA) is 81.9 Å². The van der Waals surface area contributed by atoms with Crippen molar-refractivity contribution in [2.24, 2.45) is 0 Å². The summed E-state index contributed by atoms with van der Waals surface area (Å²) in [5.74, 6) is 1.64. The van der Waals surface area contributed by atoms with Crippen LogP contribution < -0.4 is 10.1 Å². The Hall–Kier alpha value is -3.65. The highest BCUT2D eigenvalue weighted by Crippen LogP contribution is 2.29. The second-order valence-electron chi connectivity index (χ2n) is 7.68. The molecular weight excluding hydrogens is 446 g/mol. The van der Waals surface area contributed by atoms with Crippen LogP contribution in [0.5, 0.6) is 5.75 Å². The zero-order valence-electron chi connectivity index (χ0n) is 19.2. The van der Waals surface area contributed by atoms with Crippen molar-refractivity contribution in [1.29, 1.82) is 0 Å². The number of thioether (sulfide) groups is 1. The molecule has 0 saturated carbocycles. The van der Waals surface area contributed by atoms with E-state index >= 15 is 0 Å². The molecule has 1 amide bonds. The number of hydrogen-bond acceptors (Lipinski definition) is 6. The van der Waals surface area contributed by atoms with Gasteiger partial charge in [-0.25, -0.2) is 0 Å². The Morgan fingerprint density at radius 3 is 2.44 bits per heavy atom. The lowest BCUT2D eigenvalue weighted by molar-refractivity contribution is -0.119. The molecule has 2 aromatic carbocycles. The lowest BCUT2D eigenvalue weighted by Gasteiger charge is -2.18. The number of aromatic nitrogens is 4. The fourth-order valence-corrected chi connectivity index (χ4v) is 4.44. The van der Waals surface area contributed by atoms with Crippen molar-refractivity contribution in [2.45, 2.75) is 31.0 Å². The van der Waals surface area contributed by atoms with Crippen molar-refractivity contribution in [3.8, 4) is 22.8 Å². The Kier molecular flexibility index (Phi) is 7.93. The van der Waals surface area contributed by atoms with Crippen LogP contribution >= 0.6 is 11.8 Å². The van der Waals surface area contributed by atoms with Gasteiger partial charge in [0.25, 0.3) is 0 Å². The van der Waals surface area contributed by atoms with Gasteiger partial charge in [-0.3, -0.25) is 14.3 Å². The highest BCUT2D eigenvalue weighted by molar-refractivity contribution is 7.99. The molecular formula is C26H27N5O2S. The van der Waals surface area contributed by atoms with E-state index in [1.807, 2.05) is 59.2 Å². The number of nitrogens with one attached hydrogen (secondary N) is 1. The highest BCUT2D eigenvalue weighted by atomic mass is 32.2. The quantitative estimate of drug-likeness (QED) is 0.323. The number of benzene rings is 2. The number of nitrogens with zero attached hydrogens (tertiary/aromatic N) is 4. The average molecular weight is 474 g/mol. The number of carbonyl (C=O) groups excluding carboxylic acids is 1. The Morgan fingerprint density at radius 2 is 1.76 bits per heavy atom. The lowest BCUT2D eigenvalue weighted by Crippen LogP contribution is -2.30. The van der Waals surface area contributed by atoms with Gasteiger partial charge in [-0.2, -0.15) is 0 Å². The first-order chi connectivity index (χ1) is 16.7. The maximum Gasteiger partial charge on any atom is 0.230 e. The smallest absolute Gasteiger partial charge is 0.230 e. The summed E-state index contributed by atoms with van der Waals surface area (Å²) < 4.78 is 7.25. The van der Waals surface area contributed by atoms with Crippen LogP contribution in [0.1, 0.15) is 31.4 Å². The fourth-order valence-electron chi connectivity index (χ4n) is 3.68. The van der Waals surface area contributed by atoms with E-state index in [2.05, 4.69) is 39.6 Å². The molecule has 0 saturated heterocycles. The second-order valence-corrected chi connectivity index (χ2v) is 8.63. The lowest BCUT2D eigenvalue weighted by atomic mass is 10.0. The van der Waals surface area contributed by atoms with Crippen LogP contribution in [0.4, 0.5) is 0 Å². The van der Waals surface area contributed by atoms with Crippen molar-refractivity contribution < 1.29 is 9.53 Å². The van der Waals surface area contributed by atoms with Crippen LogP contribution in [0, 0.1) is 0 Å². The van der Waals surface area contributed by atoms with Crippen molar-refractivity contribution in [2.75, 3.05) is 12.9 Å². The number of carbonyl (C=O) groups is 1. The highest BCUT2D eigenvalue weighted by Gasteiger charge is 2.19. The van der Waals surface area contributed by atoms with E-state index in [-0.39, 0.29) is 17.7 Å². The summed E-state index contributed by atoms with van der Waals surface area (Å²) in [7, 11) is 1.64. The standard InChI is InChI=1S/C26H27N5O2S/c1-3-7-23(19-8-5-4-6-9-19)28-24(32)18-34-26-30-29-25(20-14-16-27-17-15-20)31(26)21-10-12-22(33-2)13-11-21/h4-6,8-17,23H,3,7,18H2,1-2H3,(H,28,32)/t23-/m1/s1. The average Bonchev–Trinajstić information content (AvgIpc) is 3.32. The maximum atomic E-state index is 12.9. The van der Waals surface area contributed by atoms with Gasteiger partial charge < -0.3 is 10.1 Å². The molecule has 4 rings (SSSR count). The molecule has 1 atom stereocenters. The van der Waals surface area contributed by atoms with Gasteiger partial charge in [0.2, 0.25) is 5.91 Å². The summed E-state index contributed by atoms with van der Waals surface area (Å²) in [5.41, 5.74) is 2.89. The minimum absolute atomic E-state index is 0.00821. The predicted molar refractivity (Wildman–Crippen MR) is 134 cm³/mol. The van der Waals surface area contributed by atoms with Gasteiger partial charge in [-0.1, -0.05) is 55.4 Å². The van der Waals surface area contributed by atoms with Gasteiger partial charge in [0.05, 0.1) is 18.9 Å². The summed E-state index contributed by atoms with van der Waals surface area (Å²) >= 11 is 1.36. The summed E-state index contributed by atoms with van der Waals surface area (Å²) in [4.78, 5) is 17.0. The Labute approximate surface area is 203 Å². The van der Waals surface area contributed by atoms with Crippen LogP contribution in [0.3, 0.4) is 0 Å². The predicted octanol–water partition coefficient (Wildman–Crippen LogP) is 5.09. The minimum atomic E-state index is -0.0398. The molecule has 0 aliphatic rings. The first-order valence-electron chi connectivity index (χ1n) is 11.2. The van der Waals surface area contributed by atoms with E-state index in [0.29, 0.717) is 11.0 Å². The number of methoxy groups -OCH3 is 1. The maximum absolute atomic E-state index is 12.9. The third kappa shape index (κ3) is 5.63. The molecule has 0 unspecified atom stereocenters. The molecule has 174 valence electrons. The van der Waals surface area contributed by atoms with Crippen LogP contribution in [0.2, 0.25) is 0 Å². The molecule has 0 spiro atoms. The van der Waals surface area contributed by atoms with Gasteiger partial charge in [0.15, 0.2) is 11.0 Å². The Balaban J connectivity index is 1.55. The molecule has 8 heteroatoms. The fraction of sp³-hybridized carbons (Fsp3) is 0.231. The number of rotatable bonds is 10. The summed E-state index contributed by atoms with van der Waals surface area (Å²) in [5, 5.41) is 12.6. The third-order valence-corrected chi connectivity index (χ3v) is 6.28. The Morgan fingerprint density at radius 1 is 1.03 bits per heavy atom. The molecule has 7 nitrogen and oxygen atoms in total. The molecule has 2 heterocycles. The van der Waals surface area contributed by atoms with Crippen molar-refractivity contribution >= 4 is 17.7 Å². The molecule has 0 bridgehead atoms. The number of ether oxygens (including phenoxy) is 1. The molecule has 34 heavy (non-hydrogen) atoms. The molecule has 0 radical (unpaired) electrons. The van der Waals surface area contributed by atoms with Gasteiger partial charge in [-0.05, 0) is 48.4 Å². The second kappa shape index (κ2) is 11.5. The first kappa shape index (κ1) is 23.5. The number of amides is 1. The summed E-state index contributed by atoms with van der Waals surface area (Å²) in [6.07, 6.45) is 5.31. The first-order valence-corrected chi connectivity index (χ1v) is 12.2.